The quantitative estimate of drug-likeness (QED) is 0.121. The lowest BCUT2D eigenvalue weighted by Crippen LogP contribution is -2.34. The van der Waals surface area contributed by atoms with Gasteiger partial charge in [0.2, 0.25) is 5.91 Å². The molecule has 0 aromatic rings. The number of hydrogen-bond acceptors (Lipinski definition) is 2. The van der Waals surface area contributed by atoms with E-state index in [4.69, 9.17) is 0 Å². The molecule has 1 amide bonds. The first-order valence-corrected chi connectivity index (χ1v) is 14.7. The number of rotatable bonds is 23. The molecule has 0 spiro atoms. The van der Waals surface area contributed by atoms with Crippen LogP contribution < -0.4 is 5.32 Å². The zero-order valence-corrected chi connectivity index (χ0v) is 23.1. The maximum atomic E-state index is 11.9. The predicted octanol–water partition coefficient (Wildman–Crippen LogP) is 7.88. The Morgan fingerprint density at radius 2 is 1.06 bits per heavy atom. The van der Waals surface area contributed by atoms with Crippen molar-refractivity contribution in [1.82, 2.24) is 10.2 Å². The maximum absolute atomic E-state index is 11.9. The minimum absolute atomic E-state index is 0.205. The number of carbonyl (C=O) groups excluding carboxylic acids is 1. The predicted molar refractivity (Wildman–Crippen MR) is 150 cm³/mol. The van der Waals surface area contributed by atoms with Crippen LogP contribution in [0.3, 0.4) is 0 Å². The molecular weight excluding hydrogens is 416 g/mol. The van der Waals surface area contributed by atoms with Gasteiger partial charge in [-0.3, -0.25) is 4.79 Å². The topological polar surface area (TPSA) is 32.3 Å². The molecule has 0 atom stereocenters. The Hall–Kier alpha value is -1.45. The van der Waals surface area contributed by atoms with Gasteiger partial charge in [0.05, 0.1) is 0 Å². The fraction of sp³-hybridized carbons (Fsp3) is 0.839. The van der Waals surface area contributed by atoms with Gasteiger partial charge >= 0.3 is 0 Å². The summed E-state index contributed by atoms with van der Waals surface area (Å²) in [6, 6.07) is 0. The molecule has 0 aromatic heterocycles. The molecular formula is C31H56N2O. The second-order valence-electron chi connectivity index (χ2n) is 9.53. The van der Waals surface area contributed by atoms with Crippen LogP contribution in [0.15, 0.2) is 0 Å². The van der Waals surface area contributed by atoms with Gasteiger partial charge in [-0.25, -0.2) is 0 Å². The van der Waals surface area contributed by atoms with Crippen molar-refractivity contribution in [2.75, 3.05) is 26.2 Å². The first-order chi connectivity index (χ1) is 16.7. The van der Waals surface area contributed by atoms with E-state index in [2.05, 4.69) is 54.7 Å². The van der Waals surface area contributed by atoms with Crippen molar-refractivity contribution in [3.05, 3.63) is 0 Å². The third-order valence-corrected chi connectivity index (χ3v) is 6.49. The maximum Gasteiger partial charge on any atom is 0.220 e. The number of nitrogens with one attached hydrogen (secondary N) is 1. The lowest BCUT2D eigenvalue weighted by Gasteiger charge is -2.17. The summed E-state index contributed by atoms with van der Waals surface area (Å²) in [5.41, 5.74) is 0. The van der Waals surface area contributed by atoms with E-state index < -0.39 is 0 Å². The van der Waals surface area contributed by atoms with Gasteiger partial charge in [-0.2, -0.15) is 0 Å². The third kappa shape index (κ3) is 25.2. The van der Waals surface area contributed by atoms with Crippen LogP contribution in [0, 0.1) is 23.7 Å². The van der Waals surface area contributed by atoms with Gasteiger partial charge in [0.15, 0.2) is 0 Å². The van der Waals surface area contributed by atoms with Crippen LogP contribution in [0.1, 0.15) is 143 Å². The molecule has 0 fully saturated rings. The second-order valence-corrected chi connectivity index (χ2v) is 9.53. The molecule has 0 unspecified atom stereocenters. The van der Waals surface area contributed by atoms with Crippen LogP contribution >= 0.6 is 0 Å². The summed E-state index contributed by atoms with van der Waals surface area (Å²) in [6.07, 6.45) is 23.4. The summed E-state index contributed by atoms with van der Waals surface area (Å²) in [4.78, 5) is 14.2. The molecule has 34 heavy (non-hydrogen) atoms. The zero-order valence-electron chi connectivity index (χ0n) is 23.1. The first-order valence-electron chi connectivity index (χ1n) is 14.7. The molecule has 0 aliphatic carbocycles. The normalized spacial score (nSPS) is 10.5. The zero-order chi connectivity index (χ0) is 25.0. The second kappa shape index (κ2) is 27.8. The van der Waals surface area contributed by atoms with E-state index in [0.29, 0.717) is 6.42 Å². The highest BCUT2D eigenvalue weighted by Crippen LogP contribution is 2.11. The van der Waals surface area contributed by atoms with Crippen LogP contribution in [-0.2, 0) is 4.79 Å². The number of nitrogens with zero attached hydrogens (tertiary/aromatic N) is 1. The Balaban J connectivity index is 3.36. The monoisotopic (exact) mass is 472 g/mol. The lowest BCUT2D eigenvalue weighted by molar-refractivity contribution is -0.121. The lowest BCUT2D eigenvalue weighted by atomic mass is 10.1. The molecule has 0 radical (unpaired) electrons. The Kier molecular flexibility index (Phi) is 26.6. The molecule has 0 bridgehead atoms. The molecule has 3 heteroatoms. The van der Waals surface area contributed by atoms with E-state index in [1.54, 1.807) is 0 Å². The summed E-state index contributed by atoms with van der Waals surface area (Å²) < 4.78 is 0. The Labute approximate surface area is 213 Å². The third-order valence-electron chi connectivity index (χ3n) is 6.49. The molecule has 0 saturated heterocycles. The van der Waals surface area contributed by atoms with Gasteiger partial charge in [0.1, 0.15) is 0 Å². The fourth-order valence-corrected chi connectivity index (χ4v) is 4.10. The highest BCUT2D eigenvalue weighted by molar-refractivity contribution is 5.75. The number of unbranched alkanes of at least 4 members (excludes halogenated alkanes) is 16. The van der Waals surface area contributed by atoms with E-state index in [1.165, 1.54) is 89.9 Å². The Bertz CT molecular complexity index is 559. The standard InChI is InChI=1S/C31H56N2O/c1-4-7-8-9-10-11-12-13-14-15-16-17-18-19-20-21-22-23-24-25-26-27-28-31(34)32-29-30-33(5-2)6-3/h4-16,21-30H2,1-3H3,(H,32,34). The molecule has 0 saturated carbocycles. The Morgan fingerprint density at radius 3 is 1.53 bits per heavy atom. The average Bonchev–Trinajstić information content (AvgIpc) is 2.85. The van der Waals surface area contributed by atoms with Gasteiger partial charge in [-0.05, 0) is 44.2 Å². The highest BCUT2D eigenvalue weighted by Gasteiger charge is 2.02. The van der Waals surface area contributed by atoms with Crippen molar-refractivity contribution in [2.45, 2.75) is 143 Å². The minimum atomic E-state index is 0.205. The summed E-state index contributed by atoms with van der Waals surface area (Å²) >= 11 is 0. The summed E-state index contributed by atoms with van der Waals surface area (Å²) in [5.74, 6) is 12.7. The molecule has 3 nitrogen and oxygen atoms in total. The van der Waals surface area contributed by atoms with Crippen LogP contribution in [0.25, 0.3) is 0 Å². The van der Waals surface area contributed by atoms with E-state index >= 15 is 0 Å². The summed E-state index contributed by atoms with van der Waals surface area (Å²) in [6.45, 7) is 10.4. The summed E-state index contributed by atoms with van der Waals surface area (Å²) in [7, 11) is 0. The highest BCUT2D eigenvalue weighted by atomic mass is 16.1. The van der Waals surface area contributed by atoms with Crippen molar-refractivity contribution in [3.8, 4) is 23.7 Å². The minimum Gasteiger partial charge on any atom is -0.355 e. The van der Waals surface area contributed by atoms with E-state index in [-0.39, 0.29) is 5.91 Å². The molecule has 0 aromatic carbocycles. The molecule has 0 aliphatic heterocycles. The van der Waals surface area contributed by atoms with Crippen molar-refractivity contribution >= 4 is 5.91 Å². The van der Waals surface area contributed by atoms with Crippen LogP contribution in [0.5, 0.6) is 0 Å². The van der Waals surface area contributed by atoms with Crippen molar-refractivity contribution in [2.24, 2.45) is 0 Å². The Morgan fingerprint density at radius 1 is 0.618 bits per heavy atom. The van der Waals surface area contributed by atoms with Gasteiger partial charge in [-0.15, -0.1) is 0 Å². The number of amides is 1. The number of hydrogen-bond donors (Lipinski definition) is 1. The van der Waals surface area contributed by atoms with Crippen molar-refractivity contribution in [1.29, 1.82) is 0 Å². The van der Waals surface area contributed by atoms with Crippen molar-refractivity contribution in [3.63, 3.8) is 0 Å². The molecule has 0 aliphatic rings. The van der Waals surface area contributed by atoms with E-state index in [9.17, 15) is 4.79 Å². The van der Waals surface area contributed by atoms with Crippen LogP contribution in [0.2, 0.25) is 0 Å². The van der Waals surface area contributed by atoms with Crippen LogP contribution in [-0.4, -0.2) is 37.0 Å². The number of carbonyl (C=O) groups is 1. The SMILES string of the molecule is CCCCCCCCCCCCC#CC#CCCCCCCCCC(=O)NCCN(CC)CC. The molecule has 1 N–H and O–H groups in total. The molecule has 0 heterocycles. The van der Waals surface area contributed by atoms with Gasteiger partial charge in [0.25, 0.3) is 0 Å². The van der Waals surface area contributed by atoms with Crippen LogP contribution in [0.4, 0.5) is 0 Å². The summed E-state index contributed by atoms with van der Waals surface area (Å²) in [5, 5.41) is 3.04. The number of likely N-dealkylation sites (N-methyl/N-ethyl adjacent to an activating group) is 1. The van der Waals surface area contributed by atoms with E-state index in [0.717, 1.165) is 51.9 Å². The van der Waals surface area contributed by atoms with Gasteiger partial charge in [-0.1, -0.05) is 116 Å². The first kappa shape index (κ1) is 32.5. The molecule has 0 rings (SSSR count). The average molecular weight is 473 g/mol. The van der Waals surface area contributed by atoms with Gasteiger partial charge < -0.3 is 10.2 Å². The molecule has 196 valence electrons. The van der Waals surface area contributed by atoms with Gasteiger partial charge in [0, 0.05) is 32.4 Å². The fourth-order valence-electron chi connectivity index (χ4n) is 4.10. The van der Waals surface area contributed by atoms with E-state index in [1.807, 2.05) is 0 Å². The smallest absolute Gasteiger partial charge is 0.220 e. The largest absolute Gasteiger partial charge is 0.355 e. The van der Waals surface area contributed by atoms with Crippen molar-refractivity contribution < 1.29 is 4.79 Å².